The molecule has 0 radical (unpaired) electrons. The van der Waals surface area contributed by atoms with Crippen molar-refractivity contribution >= 4 is 21.2 Å². The van der Waals surface area contributed by atoms with Gasteiger partial charge in [0.25, 0.3) is 0 Å². The molecule has 0 unspecified atom stereocenters. The van der Waals surface area contributed by atoms with Crippen molar-refractivity contribution in [1.82, 2.24) is 0 Å². The van der Waals surface area contributed by atoms with Gasteiger partial charge in [-0.15, -0.1) is 0 Å². The molecule has 0 fully saturated rings. The van der Waals surface area contributed by atoms with Gasteiger partial charge < -0.3 is 0 Å². The van der Waals surface area contributed by atoms with Gasteiger partial charge in [-0.1, -0.05) is 0 Å². The van der Waals surface area contributed by atoms with Crippen LogP contribution in [0.15, 0.2) is 6.08 Å². The van der Waals surface area contributed by atoms with Crippen molar-refractivity contribution in [1.29, 1.82) is 0 Å². The summed E-state index contributed by atoms with van der Waals surface area (Å²) in [5.74, 6) is 1.75. The van der Waals surface area contributed by atoms with E-state index in [9.17, 15) is 4.79 Å². The summed E-state index contributed by atoms with van der Waals surface area (Å²) in [4.78, 5) is 9.51. The molecule has 1 nitrogen and oxygen atoms in total. The molecule has 0 bridgehead atoms. The Kier molecular flexibility index (Phi) is 5.97. The van der Waals surface area contributed by atoms with E-state index in [1.165, 1.54) is 5.28 Å². The van der Waals surface area contributed by atoms with Crippen LogP contribution in [0.25, 0.3) is 0 Å². The summed E-state index contributed by atoms with van der Waals surface area (Å²) in [5, 5.41) is 2.21. The third kappa shape index (κ3) is 5.98. The van der Waals surface area contributed by atoms with Crippen LogP contribution in [0, 0.1) is 0 Å². The fraction of sp³-hybridized carbons (Fsp3) is 0.600. The number of hydrogen-bond donors (Lipinski definition) is 0. The topological polar surface area (TPSA) is 17.1 Å². The van der Waals surface area contributed by atoms with Crippen molar-refractivity contribution in [3.05, 3.63) is 6.08 Å². The molecule has 0 saturated heterocycles. The summed E-state index contributed by atoms with van der Waals surface area (Å²) < 4.78 is 0. The standard InChI is InChI=1S/C3H3O.C2H5.Al/c1-2-3-4;1-2;/h2H,1H2;1H2,2H3;/q;;+1. The van der Waals surface area contributed by atoms with Crippen molar-refractivity contribution in [2.75, 3.05) is 0 Å². The average Bonchev–Trinajstić information content (AvgIpc) is 1.69. The predicted octanol–water partition coefficient (Wildman–Crippen LogP) is 0.935. The van der Waals surface area contributed by atoms with Crippen LogP contribution in [0.4, 0.5) is 0 Å². The fourth-order valence-corrected chi connectivity index (χ4v) is 0.894. The van der Waals surface area contributed by atoms with Gasteiger partial charge in [-0.2, -0.15) is 0 Å². The zero-order chi connectivity index (χ0) is 5.54. The Bertz CT molecular complexity index is 74.1. The molecular weight excluding hydrogens is 103 g/mol. The second kappa shape index (κ2) is 5.98. The van der Waals surface area contributed by atoms with Gasteiger partial charge in [0, 0.05) is 0 Å². The molecule has 0 amide bonds. The number of rotatable bonds is 3. The first-order chi connectivity index (χ1) is 3.41. The molecule has 0 rings (SSSR count). The van der Waals surface area contributed by atoms with Crippen LogP contribution in [-0.2, 0) is 4.79 Å². The summed E-state index contributed by atoms with van der Waals surface area (Å²) in [7, 11) is 0. The maximum absolute atomic E-state index is 9.51. The van der Waals surface area contributed by atoms with E-state index in [1.54, 1.807) is 12.0 Å². The van der Waals surface area contributed by atoms with Crippen LogP contribution in [0.2, 0.25) is 10.6 Å². The maximum atomic E-state index is 9.51. The van der Waals surface area contributed by atoms with Crippen LogP contribution < -0.4 is 0 Å². The molecule has 0 N–H and O–H groups in total. The van der Waals surface area contributed by atoms with E-state index < -0.39 is 0 Å². The average molecular weight is 111 g/mol. The quantitative estimate of drug-likeness (QED) is 0.301. The van der Waals surface area contributed by atoms with Crippen molar-refractivity contribution in [3.63, 3.8) is 0 Å². The molecule has 0 aliphatic heterocycles. The summed E-state index contributed by atoms with van der Waals surface area (Å²) in [6.07, 6.45) is 1.57. The second-order valence-electron chi connectivity index (χ2n) is 1.25. The Balaban J connectivity index is 2.83. The molecular formula is C5H8AlO+. The molecule has 0 spiro atoms. The van der Waals surface area contributed by atoms with E-state index >= 15 is 0 Å². The monoisotopic (exact) mass is 111 g/mol. The zero-order valence-electron chi connectivity index (χ0n) is 4.48. The fourth-order valence-electron chi connectivity index (χ4n) is 0.298. The van der Waals surface area contributed by atoms with E-state index in [1.807, 2.05) is 0 Å². The van der Waals surface area contributed by atoms with Gasteiger partial charge in [0.05, 0.1) is 0 Å². The van der Waals surface area contributed by atoms with Crippen LogP contribution in [0.1, 0.15) is 6.92 Å². The molecule has 0 aliphatic carbocycles. The Morgan fingerprint density at radius 1 is 1.86 bits per heavy atom. The SMILES string of the molecule is C[CH2][Al+][CH2]C=C=O. The molecule has 0 aliphatic rings. The second-order valence-corrected chi connectivity index (χ2v) is 3.12. The van der Waals surface area contributed by atoms with Crippen molar-refractivity contribution in [2.24, 2.45) is 0 Å². The predicted molar refractivity (Wildman–Crippen MR) is 31.3 cm³/mol. The Morgan fingerprint density at radius 3 is 3.00 bits per heavy atom. The van der Waals surface area contributed by atoms with Crippen molar-refractivity contribution in [3.8, 4) is 0 Å². The van der Waals surface area contributed by atoms with Crippen LogP contribution in [0.3, 0.4) is 0 Å². The van der Waals surface area contributed by atoms with Gasteiger partial charge in [0.1, 0.15) is 0 Å². The molecule has 0 aromatic heterocycles. The van der Waals surface area contributed by atoms with Crippen LogP contribution >= 0.6 is 0 Å². The molecule has 7 heavy (non-hydrogen) atoms. The van der Waals surface area contributed by atoms with Gasteiger partial charge in [-0.3, -0.25) is 0 Å². The van der Waals surface area contributed by atoms with Crippen LogP contribution in [-0.4, -0.2) is 21.2 Å². The minimum atomic E-state index is 0.498. The van der Waals surface area contributed by atoms with Gasteiger partial charge in [-0.25, -0.2) is 0 Å². The van der Waals surface area contributed by atoms with E-state index in [4.69, 9.17) is 0 Å². The van der Waals surface area contributed by atoms with E-state index in [0.29, 0.717) is 15.2 Å². The van der Waals surface area contributed by atoms with Gasteiger partial charge >= 0.3 is 49.5 Å². The number of hydrogen-bond acceptors (Lipinski definition) is 1. The van der Waals surface area contributed by atoms with Crippen molar-refractivity contribution < 1.29 is 4.79 Å². The van der Waals surface area contributed by atoms with E-state index in [2.05, 4.69) is 6.92 Å². The third-order valence-electron chi connectivity index (χ3n) is 0.657. The number of allylic oxidation sites excluding steroid dienone is 1. The molecule has 2 heteroatoms. The first-order valence-electron chi connectivity index (χ1n) is 2.42. The zero-order valence-corrected chi connectivity index (χ0v) is 5.63. The molecule has 0 saturated carbocycles. The summed E-state index contributed by atoms with van der Waals surface area (Å²) in [6.45, 7) is 2.13. The molecule has 36 valence electrons. The number of carbonyl (C=O) groups excluding carboxylic acids is 1. The third-order valence-corrected chi connectivity index (χ3v) is 1.80. The van der Waals surface area contributed by atoms with Crippen molar-refractivity contribution in [2.45, 2.75) is 17.5 Å². The van der Waals surface area contributed by atoms with Gasteiger partial charge in [-0.05, 0) is 0 Å². The Morgan fingerprint density at radius 2 is 2.57 bits per heavy atom. The van der Waals surface area contributed by atoms with Crippen LogP contribution in [0.5, 0.6) is 0 Å². The summed E-state index contributed by atoms with van der Waals surface area (Å²) in [6, 6.07) is 0. The molecule has 0 atom stereocenters. The molecule has 0 aromatic carbocycles. The van der Waals surface area contributed by atoms with Gasteiger partial charge in [0.2, 0.25) is 0 Å². The minimum absolute atomic E-state index is 0.498. The summed E-state index contributed by atoms with van der Waals surface area (Å²) >= 11 is 0.498. The van der Waals surface area contributed by atoms with Gasteiger partial charge in [0.15, 0.2) is 0 Å². The Labute approximate surface area is 50.1 Å². The Hall–Kier alpha value is -0.0175. The first kappa shape index (κ1) is 6.98. The van der Waals surface area contributed by atoms with E-state index in [-0.39, 0.29) is 0 Å². The first-order valence-corrected chi connectivity index (χ1v) is 4.06. The molecule has 0 heterocycles. The van der Waals surface area contributed by atoms with E-state index in [0.717, 1.165) is 5.28 Å². The summed E-state index contributed by atoms with van der Waals surface area (Å²) in [5.41, 5.74) is 0. The molecule has 0 aromatic rings. The normalized spacial score (nSPS) is 6.43.